The lowest BCUT2D eigenvalue weighted by Crippen LogP contribution is -2.38. The predicted molar refractivity (Wildman–Crippen MR) is 183 cm³/mol. The van der Waals surface area contributed by atoms with Crippen LogP contribution in [0, 0.1) is 0 Å². The van der Waals surface area contributed by atoms with E-state index in [2.05, 4.69) is 67.3 Å². The Morgan fingerprint density at radius 3 is 1.65 bits per heavy atom. The number of hydrogen-bond acceptors (Lipinski definition) is 1. The molecule has 0 saturated carbocycles. The maximum atomic E-state index is 11.7. The van der Waals surface area contributed by atoms with Gasteiger partial charge in [-0.1, -0.05) is 136 Å². The summed E-state index contributed by atoms with van der Waals surface area (Å²) >= 11 is 0. The zero-order chi connectivity index (χ0) is 30.2. The molecule has 43 heavy (non-hydrogen) atoms. The lowest BCUT2D eigenvalue weighted by atomic mass is 9.94. The average Bonchev–Trinajstić information content (AvgIpc) is 3.07. The summed E-state index contributed by atoms with van der Waals surface area (Å²) in [6.07, 6.45) is 10.9. The molecule has 1 aromatic heterocycles. The van der Waals surface area contributed by atoms with Crippen LogP contribution in [0.2, 0.25) is 0 Å². The van der Waals surface area contributed by atoms with Gasteiger partial charge in [0.25, 0.3) is 0 Å². The summed E-state index contributed by atoms with van der Waals surface area (Å²) in [5, 5.41) is 11.7. The highest BCUT2D eigenvalue weighted by Gasteiger charge is 2.28. The molecule has 0 atom stereocenters. The summed E-state index contributed by atoms with van der Waals surface area (Å²) in [5.41, 5.74) is 9.95. The van der Waals surface area contributed by atoms with Crippen molar-refractivity contribution in [2.75, 3.05) is 0 Å². The van der Waals surface area contributed by atoms with Gasteiger partial charge in [0.05, 0.1) is 0 Å². The molecule has 208 valence electrons. The lowest BCUT2D eigenvalue weighted by Gasteiger charge is -2.16. The van der Waals surface area contributed by atoms with Crippen LogP contribution in [0.5, 0.6) is 5.75 Å². The second-order valence-electron chi connectivity index (χ2n) is 9.96. The number of aromatic hydroxyl groups is 1. The molecule has 1 N–H and O–H groups in total. The van der Waals surface area contributed by atoms with E-state index in [1.807, 2.05) is 97.1 Å². The van der Waals surface area contributed by atoms with Crippen LogP contribution in [0.25, 0.3) is 50.3 Å². The van der Waals surface area contributed by atoms with Crippen molar-refractivity contribution < 1.29 is 9.67 Å². The molecule has 0 saturated heterocycles. The van der Waals surface area contributed by atoms with Crippen LogP contribution in [0.4, 0.5) is 0 Å². The Kier molecular flexibility index (Phi) is 8.90. The van der Waals surface area contributed by atoms with Gasteiger partial charge in [0.15, 0.2) is 0 Å². The third-order valence-corrected chi connectivity index (χ3v) is 7.32. The first kappa shape index (κ1) is 28.8. The first-order valence-corrected chi connectivity index (χ1v) is 14.1. The minimum absolute atomic E-state index is 0.179. The standard InChI is InChI=1S/C41H33NO/c1-5-18-30(7-3)37-28-36(29-38(41(37)43)33-22-14-10-15-23-33)42-39(31(8-4)19-6-2)26-35(32-20-12-9-13-21-32)27-40(42)34-24-16-11-17-25-34/h5-29H,1-4H2/p+1/b30-18+,31-19+. The van der Waals surface area contributed by atoms with Crippen molar-refractivity contribution >= 4 is 11.1 Å². The molecule has 0 unspecified atom stereocenters. The van der Waals surface area contributed by atoms with Gasteiger partial charge in [-0.05, 0) is 40.5 Å². The van der Waals surface area contributed by atoms with Gasteiger partial charge in [0.1, 0.15) is 5.75 Å². The number of nitrogens with zero attached hydrogens (tertiary/aromatic N) is 1. The van der Waals surface area contributed by atoms with Crippen molar-refractivity contribution in [3.8, 4) is 44.9 Å². The van der Waals surface area contributed by atoms with Crippen LogP contribution < -0.4 is 4.57 Å². The van der Waals surface area contributed by atoms with E-state index in [1.54, 1.807) is 18.2 Å². The normalized spacial score (nSPS) is 11.5. The monoisotopic (exact) mass is 556 g/mol. The smallest absolute Gasteiger partial charge is 0.219 e. The molecule has 0 fully saturated rings. The highest BCUT2D eigenvalue weighted by molar-refractivity contribution is 5.86. The van der Waals surface area contributed by atoms with E-state index in [0.717, 1.165) is 50.5 Å². The zero-order valence-electron chi connectivity index (χ0n) is 24.2. The van der Waals surface area contributed by atoms with Gasteiger partial charge in [-0.25, -0.2) is 0 Å². The molecule has 0 aliphatic carbocycles. The number of pyridine rings is 1. The van der Waals surface area contributed by atoms with Crippen molar-refractivity contribution in [3.63, 3.8) is 0 Å². The molecule has 2 nitrogen and oxygen atoms in total. The molecule has 0 aliphatic heterocycles. The second kappa shape index (κ2) is 13.3. The van der Waals surface area contributed by atoms with Gasteiger partial charge in [-0.3, -0.25) is 0 Å². The summed E-state index contributed by atoms with van der Waals surface area (Å²) in [5.74, 6) is 0.179. The molecule has 0 spiro atoms. The minimum atomic E-state index is 0.179. The Bertz CT molecular complexity index is 1860. The number of allylic oxidation sites excluding steroid dienone is 8. The summed E-state index contributed by atoms with van der Waals surface area (Å²) in [7, 11) is 0. The molecule has 2 heteroatoms. The summed E-state index contributed by atoms with van der Waals surface area (Å²) in [4.78, 5) is 0. The van der Waals surface area contributed by atoms with Crippen LogP contribution in [0.1, 0.15) is 11.3 Å². The second-order valence-corrected chi connectivity index (χ2v) is 9.96. The molecule has 5 rings (SSSR count). The predicted octanol–water partition coefficient (Wildman–Crippen LogP) is 10.2. The fourth-order valence-corrected chi connectivity index (χ4v) is 5.29. The number of phenolic OH excluding ortho intramolecular Hbond substituents is 1. The number of hydrogen-bond donors (Lipinski definition) is 1. The van der Waals surface area contributed by atoms with Gasteiger partial charge in [0, 0.05) is 46.5 Å². The Labute approximate surface area is 254 Å². The molecule has 5 aromatic rings. The molecule has 4 aromatic carbocycles. The van der Waals surface area contributed by atoms with Crippen molar-refractivity contribution in [1.29, 1.82) is 0 Å². The third kappa shape index (κ3) is 6.00. The van der Waals surface area contributed by atoms with Gasteiger partial charge in [-0.15, -0.1) is 0 Å². The van der Waals surface area contributed by atoms with E-state index < -0.39 is 0 Å². The molecule has 0 amide bonds. The van der Waals surface area contributed by atoms with Crippen LogP contribution >= 0.6 is 0 Å². The Morgan fingerprint density at radius 1 is 0.558 bits per heavy atom. The average molecular weight is 557 g/mol. The number of rotatable bonds is 10. The largest absolute Gasteiger partial charge is 0.507 e. The van der Waals surface area contributed by atoms with Gasteiger partial charge in [-0.2, -0.15) is 4.57 Å². The van der Waals surface area contributed by atoms with Crippen LogP contribution in [-0.4, -0.2) is 5.11 Å². The molecule has 1 heterocycles. The Balaban J connectivity index is 1.97. The Hall–Kier alpha value is -5.73. The molecule has 0 bridgehead atoms. The van der Waals surface area contributed by atoms with Crippen molar-refractivity contribution in [2.24, 2.45) is 0 Å². The fourth-order valence-electron chi connectivity index (χ4n) is 5.29. The number of benzene rings is 4. The zero-order valence-corrected chi connectivity index (χ0v) is 24.2. The van der Waals surface area contributed by atoms with E-state index in [0.29, 0.717) is 11.1 Å². The van der Waals surface area contributed by atoms with E-state index in [9.17, 15) is 5.11 Å². The maximum Gasteiger partial charge on any atom is 0.219 e. The van der Waals surface area contributed by atoms with Crippen molar-refractivity contribution in [3.05, 3.63) is 189 Å². The van der Waals surface area contributed by atoms with Gasteiger partial charge >= 0.3 is 0 Å². The van der Waals surface area contributed by atoms with E-state index in [4.69, 9.17) is 0 Å². The molecule has 0 radical (unpaired) electrons. The highest BCUT2D eigenvalue weighted by Crippen LogP contribution is 2.39. The van der Waals surface area contributed by atoms with Crippen LogP contribution in [-0.2, 0) is 0 Å². The van der Waals surface area contributed by atoms with Gasteiger partial charge < -0.3 is 5.11 Å². The van der Waals surface area contributed by atoms with E-state index in [-0.39, 0.29) is 5.75 Å². The molecular weight excluding hydrogens is 522 g/mol. The van der Waals surface area contributed by atoms with Gasteiger partial charge in [0.2, 0.25) is 17.1 Å². The minimum Gasteiger partial charge on any atom is -0.507 e. The summed E-state index contributed by atoms with van der Waals surface area (Å²) in [6.45, 7) is 16.0. The number of aromatic nitrogens is 1. The fraction of sp³-hybridized carbons (Fsp3) is 0. The quantitative estimate of drug-likeness (QED) is 0.134. The third-order valence-electron chi connectivity index (χ3n) is 7.32. The van der Waals surface area contributed by atoms with E-state index in [1.165, 1.54) is 0 Å². The van der Waals surface area contributed by atoms with Crippen molar-refractivity contribution in [1.82, 2.24) is 0 Å². The lowest BCUT2D eigenvalue weighted by molar-refractivity contribution is -0.586. The van der Waals surface area contributed by atoms with Crippen LogP contribution in [0.3, 0.4) is 0 Å². The molecule has 0 aliphatic rings. The first-order valence-electron chi connectivity index (χ1n) is 14.1. The van der Waals surface area contributed by atoms with Crippen LogP contribution in [0.15, 0.2) is 178 Å². The topological polar surface area (TPSA) is 24.1 Å². The SMILES string of the molecule is C=C/C=C(\C=C)c1cc(-[n+]2c(/C(C=C)=C/C=C)cc(-c3ccccc3)cc2-c2ccccc2)cc(-c2ccccc2)c1O. The summed E-state index contributed by atoms with van der Waals surface area (Å²) < 4.78 is 2.22. The Morgan fingerprint density at radius 2 is 1.09 bits per heavy atom. The molecular formula is C41H34NO+. The number of phenols is 1. The highest BCUT2D eigenvalue weighted by atomic mass is 16.3. The van der Waals surface area contributed by atoms with Crippen molar-refractivity contribution in [2.45, 2.75) is 0 Å². The first-order chi connectivity index (χ1) is 21.1. The maximum absolute atomic E-state index is 11.7. The summed E-state index contributed by atoms with van der Waals surface area (Å²) in [6, 6.07) is 39.0. The van der Waals surface area contributed by atoms with E-state index >= 15 is 0 Å².